The van der Waals surface area contributed by atoms with Crippen LogP contribution in [0.3, 0.4) is 0 Å². The van der Waals surface area contributed by atoms with E-state index in [0.29, 0.717) is 12.0 Å². The van der Waals surface area contributed by atoms with E-state index < -0.39 is 17.9 Å². The number of hydrogen-bond donors (Lipinski definition) is 2. The van der Waals surface area contributed by atoms with Gasteiger partial charge in [0, 0.05) is 19.0 Å². The molecule has 1 atom stereocenters. The summed E-state index contributed by atoms with van der Waals surface area (Å²) in [6.45, 7) is 0. The Morgan fingerprint density at radius 1 is 1.32 bits per heavy atom. The molecule has 0 aromatic heterocycles. The predicted molar refractivity (Wildman–Crippen MR) is 66.4 cm³/mol. The minimum absolute atomic E-state index is 0.0654. The Morgan fingerprint density at radius 2 is 1.95 bits per heavy atom. The van der Waals surface area contributed by atoms with Crippen LogP contribution < -0.4 is 5.32 Å². The summed E-state index contributed by atoms with van der Waals surface area (Å²) in [7, 11) is 1.41. The second kappa shape index (κ2) is 5.09. The highest BCUT2D eigenvalue weighted by Crippen LogP contribution is 2.13. The molecule has 100 valence electrons. The van der Waals surface area contributed by atoms with Crippen molar-refractivity contribution in [3.05, 3.63) is 29.8 Å². The maximum Gasteiger partial charge on any atom is 0.251 e. The molecule has 0 radical (unpaired) electrons. The fourth-order valence-electron chi connectivity index (χ4n) is 1.90. The number of phenolic OH excluding ortho intramolecular Hbond substituents is 1. The highest BCUT2D eigenvalue weighted by Gasteiger charge is 2.32. The van der Waals surface area contributed by atoms with Gasteiger partial charge in [-0.05, 0) is 30.7 Å². The maximum absolute atomic E-state index is 11.9. The Balaban J connectivity index is 2.05. The predicted octanol–water partition coefficient (Wildman–Crippen LogP) is 0.269. The largest absolute Gasteiger partial charge is 0.508 e. The third-order valence-corrected chi connectivity index (χ3v) is 3.08. The third-order valence-electron chi connectivity index (χ3n) is 3.08. The third kappa shape index (κ3) is 2.73. The number of nitrogens with one attached hydrogen (secondary N) is 1. The number of carbonyl (C=O) groups excluding carboxylic acids is 3. The standard InChI is InChI=1S/C13H14N2O4/c1-15-11(17)7-6-10(13(15)19)14-12(18)8-2-4-9(16)5-3-8/h2-5,10,16H,6-7H2,1H3,(H,14,18). The van der Waals surface area contributed by atoms with Crippen LogP contribution in [0.15, 0.2) is 24.3 Å². The first-order valence-corrected chi connectivity index (χ1v) is 5.89. The van der Waals surface area contributed by atoms with Crippen LogP contribution in [0, 0.1) is 0 Å². The fraction of sp³-hybridized carbons (Fsp3) is 0.308. The Labute approximate surface area is 110 Å². The molecule has 1 saturated heterocycles. The molecule has 1 fully saturated rings. The monoisotopic (exact) mass is 262 g/mol. The summed E-state index contributed by atoms with van der Waals surface area (Å²) in [5.74, 6) is -0.972. The number of hydrogen-bond acceptors (Lipinski definition) is 4. The van der Waals surface area contributed by atoms with Crippen LogP contribution in [0.4, 0.5) is 0 Å². The lowest BCUT2D eigenvalue weighted by Gasteiger charge is -2.28. The molecule has 3 amide bonds. The van der Waals surface area contributed by atoms with E-state index in [2.05, 4.69) is 5.32 Å². The van der Waals surface area contributed by atoms with E-state index >= 15 is 0 Å². The van der Waals surface area contributed by atoms with Gasteiger partial charge in [-0.15, -0.1) is 0 Å². The van der Waals surface area contributed by atoms with E-state index in [1.54, 1.807) is 0 Å². The Bertz CT molecular complexity index is 524. The summed E-state index contributed by atoms with van der Waals surface area (Å²) in [4.78, 5) is 36.1. The topological polar surface area (TPSA) is 86.7 Å². The number of benzene rings is 1. The summed E-state index contributed by atoms with van der Waals surface area (Å²) in [5, 5.41) is 11.7. The first-order valence-electron chi connectivity index (χ1n) is 5.89. The van der Waals surface area contributed by atoms with Gasteiger partial charge in [-0.1, -0.05) is 0 Å². The van der Waals surface area contributed by atoms with Crippen LogP contribution in [0.5, 0.6) is 5.75 Å². The zero-order valence-electron chi connectivity index (χ0n) is 10.4. The van der Waals surface area contributed by atoms with Crippen LogP contribution in [-0.2, 0) is 9.59 Å². The van der Waals surface area contributed by atoms with Crippen molar-refractivity contribution in [2.45, 2.75) is 18.9 Å². The molecule has 0 aliphatic carbocycles. The van der Waals surface area contributed by atoms with E-state index in [9.17, 15) is 14.4 Å². The molecule has 1 aliphatic heterocycles. The normalized spacial score (nSPS) is 19.4. The molecule has 1 aromatic rings. The van der Waals surface area contributed by atoms with Gasteiger partial charge in [-0.2, -0.15) is 0 Å². The number of nitrogens with zero attached hydrogens (tertiary/aromatic N) is 1. The van der Waals surface area contributed by atoms with Crippen molar-refractivity contribution < 1.29 is 19.5 Å². The summed E-state index contributed by atoms with van der Waals surface area (Å²) in [5.41, 5.74) is 0.352. The molecule has 2 N–H and O–H groups in total. The average molecular weight is 262 g/mol. The van der Waals surface area contributed by atoms with Crippen LogP contribution in [0.25, 0.3) is 0 Å². The minimum atomic E-state index is -0.677. The molecular weight excluding hydrogens is 248 g/mol. The van der Waals surface area contributed by atoms with Crippen molar-refractivity contribution in [1.29, 1.82) is 0 Å². The first kappa shape index (κ1) is 13.1. The molecule has 2 rings (SSSR count). The van der Waals surface area contributed by atoms with E-state index in [1.807, 2.05) is 0 Å². The van der Waals surface area contributed by atoms with Gasteiger partial charge < -0.3 is 10.4 Å². The quantitative estimate of drug-likeness (QED) is 0.749. The number of likely N-dealkylation sites (N-methyl/N-ethyl adjacent to an activating group) is 1. The number of piperidine rings is 1. The van der Waals surface area contributed by atoms with Crippen molar-refractivity contribution in [3.8, 4) is 5.75 Å². The van der Waals surface area contributed by atoms with Crippen molar-refractivity contribution >= 4 is 17.7 Å². The molecule has 6 nitrogen and oxygen atoms in total. The molecule has 1 aliphatic rings. The number of amides is 3. The smallest absolute Gasteiger partial charge is 0.251 e. The molecule has 0 saturated carbocycles. The fourth-order valence-corrected chi connectivity index (χ4v) is 1.90. The number of likely N-dealkylation sites (tertiary alicyclic amines) is 1. The average Bonchev–Trinajstić information content (AvgIpc) is 2.40. The lowest BCUT2D eigenvalue weighted by molar-refractivity contribution is -0.147. The first-order chi connectivity index (χ1) is 8.99. The second-order valence-electron chi connectivity index (χ2n) is 4.40. The SMILES string of the molecule is CN1C(=O)CCC(NC(=O)c2ccc(O)cc2)C1=O. The van der Waals surface area contributed by atoms with E-state index in [-0.39, 0.29) is 18.1 Å². The Kier molecular flexibility index (Phi) is 3.50. The Hall–Kier alpha value is -2.37. The lowest BCUT2D eigenvalue weighted by Crippen LogP contribution is -2.52. The molecule has 1 unspecified atom stereocenters. The van der Waals surface area contributed by atoms with Gasteiger partial charge >= 0.3 is 0 Å². The van der Waals surface area contributed by atoms with Gasteiger partial charge in [0.2, 0.25) is 5.91 Å². The van der Waals surface area contributed by atoms with Gasteiger partial charge in [-0.3, -0.25) is 19.3 Å². The summed E-state index contributed by atoms with van der Waals surface area (Å²) < 4.78 is 0. The van der Waals surface area contributed by atoms with Crippen molar-refractivity contribution in [3.63, 3.8) is 0 Å². The maximum atomic E-state index is 11.9. The van der Waals surface area contributed by atoms with Gasteiger partial charge in [0.25, 0.3) is 11.8 Å². The van der Waals surface area contributed by atoms with E-state index in [0.717, 1.165) is 4.90 Å². The van der Waals surface area contributed by atoms with Crippen molar-refractivity contribution in [2.75, 3.05) is 7.05 Å². The minimum Gasteiger partial charge on any atom is -0.508 e. The van der Waals surface area contributed by atoms with E-state index in [4.69, 9.17) is 5.11 Å². The van der Waals surface area contributed by atoms with Crippen LogP contribution >= 0.6 is 0 Å². The molecule has 6 heteroatoms. The zero-order valence-corrected chi connectivity index (χ0v) is 10.4. The number of imide groups is 1. The van der Waals surface area contributed by atoms with Gasteiger partial charge in [0.1, 0.15) is 11.8 Å². The van der Waals surface area contributed by atoms with Crippen molar-refractivity contribution in [1.82, 2.24) is 10.2 Å². The number of carbonyl (C=O) groups is 3. The number of phenols is 1. The van der Waals surface area contributed by atoms with Crippen LogP contribution in [0.2, 0.25) is 0 Å². The molecule has 1 heterocycles. The van der Waals surface area contributed by atoms with Gasteiger partial charge in [-0.25, -0.2) is 0 Å². The second-order valence-corrected chi connectivity index (χ2v) is 4.40. The number of rotatable bonds is 2. The summed E-state index contributed by atoms with van der Waals surface area (Å²) >= 11 is 0. The summed E-state index contributed by atoms with van der Waals surface area (Å²) in [6, 6.07) is 5.05. The molecule has 1 aromatic carbocycles. The zero-order chi connectivity index (χ0) is 14.0. The van der Waals surface area contributed by atoms with Crippen molar-refractivity contribution in [2.24, 2.45) is 0 Å². The molecule has 0 spiro atoms. The van der Waals surface area contributed by atoms with Gasteiger partial charge in [0.15, 0.2) is 0 Å². The molecule has 19 heavy (non-hydrogen) atoms. The van der Waals surface area contributed by atoms with Gasteiger partial charge in [0.05, 0.1) is 0 Å². The van der Waals surface area contributed by atoms with Crippen LogP contribution in [0.1, 0.15) is 23.2 Å². The lowest BCUT2D eigenvalue weighted by atomic mass is 10.0. The molecular formula is C13H14N2O4. The van der Waals surface area contributed by atoms with E-state index in [1.165, 1.54) is 31.3 Å². The Morgan fingerprint density at radius 3 is 2.58 bits per heavy atom. The highest BCUT2D eigenvalue weighted by molar-refractivity contribution is 6.03. The highest BCUT2D eigenvalue weighted by atomic mass is 16.3. The molecule has 0 bridgehead atoms. The van der Waals surface area contributed by atoms with Crippen LogP contribution in [-0.4, -0.2) is 40.8 Å². The summed E-state index contributed by atoms with van der Waals surface area (Å²) in [6.07, 6.45) is 0.550. The number of aromatic hydroxyl groups is 1.